The molecule has 0 radical (unpaired) electrons. The molecule has 0 saturated heterocycles. The maximum atomic E-state index is 11.8. The number of para-hydroxylation sites is 1. The summed E-state index contributed by atoms with van der Waals surface area (Å²) in [5, 5.41) is 11.8. The Hall–Kier alpha value is -2.35. The molecule has 0 unspecified atom stereocenters. The minimum Gasteiger partial charge on any atom is -0.480 e. The molecule has 21 heavy (non-hydrogen) atoms. The highest BCUT2D eigenvalue weighted by molar-refractivity contribution is 7.99. The maximum absolute atomic E-state index is 11.8. The molecule has 1 amide bonds. The summed E-state index contributed by atoms with van der Waals surface area (Å²) in [7, 11) is 0. The molecule has 1 atom stereocenters. The molecule has 1 heterocycles. The molecule has 0 spiro atoms. The fourth-order valence-corrected chi connectivity index (χ4v) is 2.29. The SMILES string of the molecule is C[C@@H](NC(=O)CSc1nc2ccccc2c(=O)[nH]1)C(=O)O. The molecule has 0 fully saturated rings. The van der Waals surface area contributed by atoms with Crippen LogP contribution in [0.4, 0.5) is 0 Å². The lowest BCUT2D eigenvalue weighted by atomic mass is 10.2. The molecule has 0 aliphatic carbocycles. The molecule has 1 aromatic heterocycles. The first kappa shape index (κ1) is 15.0. The van der Waals surface area contributed by atoms with Gasteiger partial charge < -0.3 is 15.4 Å². The van der Waals surface area contributed by atoms with Gasteiger partial charge in [0, 0.05) is 0 Å². The van der Waals surface area contributed by atoms with Crippen molar-refractivity contribution in [3.8, 4) is 0 Å². The highest BCUT2D eigenvalue weighted by atomic mass is 32.2. The van der Waals surface area contributed by atoms with Crippen molar-refractivity contribution < 1.29 is 14.7 Å². The molecular formula is C13H13N3O4S. The zero-order valence-corrected chi connectivity index (χ0v) is 11.9. The number of nitrogens with one attached hydrogen (secondary N) is 2. The van der Waals surface area contributed by atoms with Crippen molar-refractivity contribution in [2.75, 3.05) is 5.75 Å². The predicted octanol–water partition coefficient (Wildman–Crippen LogP) is 0.604. The van der Waals surface area contributed by atoms with Gasteiger partial charge in [-0.05, 0) is 19.1 Å². The second-order valence-electron chi connectivity index (χ2n) is 4.30. The number of rotatable bonds is 5. The van der Waals surface area contributed by atoms with E-state index in [2.05, 4.69) is 15.3 Å². The van der Waals surface area contributed by atoms with Gasteiger partial charge in [0.1, 0.15) is 6.04 Å². The number of carboxylic acid groups (broad SMARTS) is 1. The van der Waals surface area contributed by atoms with E-state index in [0.717, 1.165) is 11.8 Å². The fourth-order valence-electron chi connectivity index (χ4n) is 1.61. The maximum Gasteiger partial charge on any atom is 0.325 e. The monoisotopic (exact) mass is 307 g/mol. The lowest BCUT2D eigenvalue weighted by molar-refractivity contribution is -0.140. The van der Waals surface area contributed by atoms with E-state index >= 15 is 0 Å². The van der Waals surface area contributed by atoms with E-state index in [1.54, 1.807) is 24.3 Å². The van der Waals surface area contributed by atoms with Crippen LogP contribution in [0.5, 0.6) is 0 Å². The van der Waals surface area contributed by atoms with Crippen LogP contribution in [0.1, 0.15) is 6.92 Å². The first-order chi connectivity index (χ1) is 9.97. The third-order valence-electron chi connectivity index (χ3n) is 2.68. The number of thioether (sulfide) groups is 1. The van der Waals surface area contributed by atoms with Gasteiger partial charge in [-0.3, -0.25) is 14.4 Å². The Morgan fingerprint density at radius 1 is 1.43 bits per heavy atom. The van der Waals surface area contributed by atoms with Gasteiger partial charge in [-0.15, -0.1) is 0 Å². The van der Waals surface area contributed by atoms with Crippen molar-refractivity contribution in [3.05, 3.63) is 34.6 Å². The number of fused-ring (bicyclic) bond motifs is 1. The molecule has 0 aliphatic rings. The summed E-state index contributed by atoms with van der Waals surface area (Å²) in [5.74, 6) is -1.57. The average molecular weight is 307 g/mol. The van der Waals surface area contributed by atoms with Crippen LogP contribution in [-0.4, -0.2) is 38.7 Å². The van der Waals surface area contributed by atoms with Crippen LogP contribution < -0.4 is 10.9 Å². The predicted molar refractivity (Wildman–Crippen MR) is 78.3 cm³/mol. The third-order valence-corrected chi connectivity index (χ3v) is 3.55. The topological polar surface area (TPSA) is 112 Å². The molecule has 0 saturated carbocycles. The molecule has 1 aromatic carbocycles. The van der Waals surface area contributed by atoms with Crippen LogP contribution in [0.25, 0.3) is 10.9 Å². The number of hydrogen-bond acceptors (Lipinski definition) is 5. The molecule has 110 valence electrons. The summed E-state index contributed by atoms with van der Waals surface area (Å²) in [6.45, 7) is 1.38. The Balaban J connectivity index is 2.05. The summed E-state index contributed by atoms with van der Waals surface area (Å²) in [6, 6.07) is 5.93. The number of nitrogens with zero attached hydrogens (tertiary/aromatic N) is 1. The normalized spacial score (nSPS) is 12.0. The highest BCUT2D eigenvalue weighted by Gasteiger charge is 2.14. The Morgan fingerprint density at radius 3 is 2.86 bits per heavy atom. The quantitative estimate of drug-likeness (QED) is 0.551. The first-order valence-electron chi connectivity index (χ1n) is 6.11. The standard InChI is InChI=1S/C13H13N3O4S/c1-7(12(19)20)14-10(17)6-21-13-15-9-5-3-2-4-8(9)11(18)16-13/h2-5,7H,6H2,1H3,(H,14,17)(H,19,20)(H,15,16,18)/t7-/m1/s1. The Kier molecular flexibility index (Phi) is 4.59. The number of amides is 1. The summed E-state index contributed by atoms with van der Waals surface area (Å²) in [5.41, 5.74) is 0.269. The largest absolute Gasteiger partial charge is 0.480 e. The molecule has 8 heteroatoms. The molecule has 2 aromatic rings. The van der Waals surface area contributed by atoms with Crippen molar-refractivity contribution in [3.63, 3.8) is 0 Å². The van der Waals surface area contributed by atoms with Crippen molar-refractivity contribution in [1.29, 1.82) is 0 Å². The minimum absolute atomic E-state index is 0.0289. The summed E-state index contributed by atoms with van der Waals surface area (Å²) in [4.78, 5) is 40.8. The van der Waals surface area contributed by atoms with E-state index in [1.165, 1.54) is 6.92 Å². The number of aromatic nitrogens is 2. The van der Waals surface area contributed by atoms with E-state index in [-0.39, 0.29) is 11.3 Å². The van der Waals surface area contributed by atoms with Gasteiger partial charge in [0.2, 0.25) is 5.91 Å². The van der Waals surface area contributed by atoms with E-state index in [1.807, 2.05) is 0 Å². The van der Waals surface area contributed by atoms with Crippen LogP contribution in [0.2, 0.25) is 0 Å². The molecule has 0 bridgehead atoms. The minimum atomic E-state index is -1.11. The van der Waals surface area contributed by atoms with Gasteiger partial charge in [0.25, 0.3) is 5.56 Å². The summed E-state index contributed by atoms with van der Waals surface area (Å²) >= 11 is 1.04. The number of aromatic amines is 1. The van der Waals surface area contributed by atoms with Crippen molar-refractivity contribution in [1.82, 2.24) is 15.3 Å². The summed E-state index contributed by atoms with van der Waals surface area (Å²) in [6.07, 6.45) is 0. The van der Waals surface area contributed by atoms with Crippen LogP contribution in [0.3, 0.4) is 0 Å². The smallest absolute Gasteiger partial charge is 0.325 e. The van der Waals surface area contributed by atoms with Gasteiger partial charge >= 0.3 is 5.97 Å². The number of carbonyl (C=O) groups is 2. The zero-order chi connectivity index (χ0) is 15.4. The summed E-state index contributed by atoms with van der Waals surface area (Å²) < 4.78 is 0. The average Bonchev–Trinajstić information content (AvgIpc) is 2.45. The fraction of sp³-hybridized carbons (Fsp3) is 0.231. The van der Waals surface area contributed by atoms with Crippen LogP contribution >= 0.6 is 11.8 Å². The number of carbonyl (C=O) groups excluding carboxylic acids is 1. The molecule has 2 rings (SSSR count). The highest BCUT2D eigenvalue weighted by Crippen LogP contribution is 2.14. The van der Waals surface area contributed by atoms with Gasteiger partial charge in [-0.2, -0.15) is 0 Å². The third kappa shape index (κ3) is 3.82. The van der Waals surface area contributed by atoms with E-state index in [9.17, 15) is 14.4 Å². The van der Waals surface area contributed by atoms with Crippen molar-refractivity contribution >= 4 is 34.5 Å². The zero-order valence-electron chi connectivity index (χ0n) is 11.1. The molecule has 0 aliphatic heterocycles. The number of hydrogen-bond donors (Lipinski definition) is 3. The number of H-pyrrole nitrogens is 1. The second-order valence-corrected chi connectivity index (χ2v) is 5.27. The Morgan fingerprint density at radius 2 is 2.14 bits per heavy atom. The van der Waals surface area contributed by atoms with Gasteiger partial charge in [0.05, 0.1) is 16.7 Å². The lowest BCUT2D eigenvalue weighted by Gasteiger charge is -2.08. The van der Waals surface area contributed by atoms with Crippen LogP contribution in [0, 0.1) is 0 Å². The van der Waals surface area contributed by atoms with E-state index < -0.39 is 17.9 Å². The van der Waals surface area contributed by atoms with E-state index in [0.29, 0.717) is 16.1 Å². The Labute approximate surface area is 123 Å². The van der Waals surface area contributed by atoms with Crippen molar-refractivity contribution in [2.45, 2.75) is 18.1 Å². The molecule has 7 nitrogen and oxygen atoms in total. The number of benzene rings is 1. The lowest BCUT2D eigenvalue weighted by Crippen LogP contribution is -2.39. The van der Waals surface area contributed by atoms with Crippen molar-refractivity contribution in [2.24, 2.45) is 0 Å². The molecule has 3 N–H and O–H groups in total. The van der Waals surface area contributed by atoms with Crippen LogP contribution in [-0.2, 0) is 9.59 Å². The van der Waals surface area contributed by atoms with Gasteiger partial charge in [-0.25, -0.2) is 4.98 Å². The van der Waals surface area contributed by atoms with Gasteiger partial charge in [0.15, 0.2) is 5.16 Å². The number of aliphatic carboxylic acids is 1. The van der Waals surface area contributed by atoms with Crippen LogP contribution in [0.15, 0.2) is 34.2 Å². The van der Waals surface area contributed by atoms with E-state index in [4.69, 9.17) is 5.11 Å². The first-order valence-corrected chi connectivity index (χ1v) is 7.10. The van der Waals surface area contributed by atoms with Gasteiger partial charge in [-0.1, -0.05) is 23.9 Å². The molecular weight excluding hydrogens is 294 g/mol. The number of carboxylic acids is 1. The Bertz CT molecular complexity index is 744. The second kappa shape index (κ2) is 6.40.